The van der Waals surface area contributed by atoms with E-state index in [-0.39, 0.29) is 5.91 Å². The Bertz CT molecular complexity index is 864. The smallest absolute Gasteiger partial charge is 0.264 e. The van der Waals surface area contributed by atoms with Crippen LogP contribution in [0.15, 0.2) is 52.4 Å². The van der Waals surface area contributed by atoms with Crippen LogP contribution in [0.5, 0.6) is 5.75 Å². The Balaban J connectivity index is 1.77. The van der Waals surface area contributed by atoms with E-state index in [0.29, 0.717) is 32.4 Å². The lowest BCUT2D eigenvalue weighted by Crippen LogP contribution is -2.19. The van der Waals surface area contributed by atoms with Gasteiger partial charge in [-0.05, 0) is 60.7 Å². The van der Waals surface area contributed by atoms with Crippen molar-refractivity contribution in [1.29, 1.82) is 0 Å². The van der Waals surface area contributed by atoms with Crippen molar-refractivity contribution >= 4 is 57.8 Å². The van der Waals surface area contributed by atoms with Gasteiger partial charge in [-0.3, -0.25) is 4.79 Å². The lowest BCUT2D eigenvalue weighted by molar-refractivity contribution is -0.115. The van der Waals surface area contributed by atoms with Crippen molar-refractivity contribution in [3.63, 3.8) is 0 Å². The Morgan fingerprint density at radius 3 is 2.60 bits per heavy atom. The largest absolute Gasteiger partial charge is 0.494 e. The third kappa shape index (κ3) is 4.57. The molecule has 0 unspecified atom stereocenters. The molecule has 1 aliphatic rings. The SMILES string of the molecule is CCOc1ccc(/C=C2\SC(=Nc3ccc(Cl)c(Cl)c3)NC2=O)cc1. The van der Waals surface area contributed by atoms with Gasteiger partial charge in [0.25, 0.3) is 5.91 Å². The fourth-order valence-electron chi connectivity index (χ4n) is 2.13. The molecule has 2 aromatic rings. The minimum Gasteiger partial charge on any atom is -0.494 e. The van der Waals surface area contributed by atoms with E-state index in [1.165, 1.54) is 11.8 Å². The summed E-state index contributed by atoms with van der Waals surface area (Å²) in [7, 11) is 0. The molecule has 1 fully saturated rings. The standard InChI is InChI=1S/C18H14Cl2N2O2S/c1-2-24-13-6-3-11(4-7-13)9-16-17(23)22-18(25-16)21-12-5-8-14(19)15(20)10-12/h3-10H,2H2,1H3,(H,21,22,23)/b16-9-. The van der Waals surface area contributed by atoms with E-state index in [1.807, 2.05) is 37.3 Å². The maximum absolute atomic E-state index is 12.1. The predicted octanol–water partition coefficient (Wildman–Crippen LogP) is 5.28. The number of carbonyl (C=O) groups is 1. The number of nitrogens with zero attached hydrogens (tertiary/aromatic N) is 1. The second kappa shape index (κ2) is 7.95. The predicted molar refractivity (Wildman–Crippen MR) is 105 cm³/mol. The van der Waals surface area contributed by atoms with E-state index < -0.39 is 0 Å². The van der Waals surface area contributed by atoms with Gasteiger partial charge in [-0.15, -0.1) is 0 Å². The lowest BCUT2D eigenvalue weighted by atomic mass is 10.2. The molecule has 0 aromatic heterocycles. The summed E-state index contributed by atoms with van der Waals surface area (Å²) in [6.45, 7) is 2.55. The highest BCUT2D eigenvalue weighted by Gasteiger charge is 2.23. The molecule has 0 spiro atoms. The molecule has 0 bridgehead atoms. The monoisotopic (exact) mass is 392 g/mol. The molecule has 1 amide bonds. The molecule has 0 radical (unpaired) electrons. The average molecular weight is 393 g/mol. The third-order valence-electron chi connectivity index (χ3n) is 3.27. The summed E-state index contributed by atoms with van der Waals surface area (Å²) in [5.41, 5.74) is 1.54. The van der Waals surface area contributed by atoms with Gasteiger partial charge < -0.3 is 10.1 Å². The lowest BCUT2D eigenvalue weighted by Gasteiger charge is -2.02. The zero-order chi connectivity index (χ0) is 17.8. The summed E-state index contributed by atoms with van der Waals surface area (Å²) in [5, 5.41) is 4.13. The van der Waals surface area contributed by atoms with Crippen LogP contribution in [0.3, 0.4) is 0 Å². The number of thioether (sulfide) groups is 1. The molecule has 4 nitrogen and oxygen atoms in total. The van der Waals surface area contributed by atoms with Crippen molar-refractivity contribution in [3.8, 4) is 5.75 Å². The summed E-state index contributed by atoms with van der Waals surface area (Å²) in [4.78, 5) is 17.1. The first kappa shape index (κ1) is 17.9. The van der Waals surface area contributed by atoms with Crippen molar-refractivity contribution in [2.75, 3.05) is 6.61 Å². The molecule has 1 heterocycles. The molecule has 25 heavy (non-hydrogen) atoms. The van der Waals surface area contributed by atoms with Gasteiger partial charge in [0.05, 0.1) is 27.2 Å². The normalized spacial score (nSPS) is 17.2. The van der Waals surface area contributed by atoms with Gasteiger partial charge in [-0.2, -0.15) is 0 Å². The van der Waals surface area contributed by atoms with Gasteiger partial charge in [-0.1, -0.05) is 35.3 Å². The zero-order valence-electron chi connectivity index (χ0n) is 13.3. The maximum Gasteiger partial charge on any atom is 0.264 e. The van der Waals surface area contributed by atoms with E-state index in [2.05, 4.69) is 10.3 Å². The van der Waals surface area contributed by atoms with Crippen LogP contribution in [0, 0.1) is 0 Å². The Labute approximate surface area is 159 Å². The fourth-order valence-corrected chi connectivity index (χ4v) is 3.26. The molecule has 3 rings (SSSR count). The zero-order valence-corrected chi connectivity index (χ0v) is 15.6. The highest BCUT2D eigenvalue weighted by Crippen LogP contribution is 2.31. The minimum absolute atomic E-state index is 0.183. The summed E-state index contributed by atoms with van der Waals surface area (Å²) in [6.07, 6.45) is 1.81. The summed E-state index contributed by atoms with van der Waals surface area (Å²) >= 11 is 13.1. The summed E-state index contributed by atoms with van der Waals surface area (Å²) < 4.78 is 5.41. The number of ether oxygens (including phenoxy) is 1. The van der Waals surface area contributed by atoms with Crippen LogP contribution >= 0.6 is 35.0 Å². The van der Waals surface area contributed by atoms with Gasteiger partial charge in [0.15, 0.2) is 5.17 Å². The first-order valence-electron chi connectivity index (χ1n) is 7.52. The van der Waals surface area contributed by atoms with E-state index in [9.17, 15) is 4.79 Å². The van der Waals surface area contributed by atoms with E-state index >= 15 is 0 Å². The van der Waals surface area contributed by atoms with Crippen LogP contribution < -0.4 is 10.1 Å². The molecular formula is C18H14Cl2N2O2S. The number of halogens is 2. The number of rotatable bonds is 4. The number of hydrogen-bond donors (Lipinski definition) is 1. The average Bonchev–Trinajstić information content (AvgIpc) is 2.92. The Kier molecular flexibility index (Phi) is 5.68. The molecule has 0 aliphatic carbocycles. The number of benzene rings is 2. The number of nitrogens with one attached hydrogen (secondary N) is 1. The van der Waals surface area contributed by atoms with Crippen LogP contribution in [-0.2, 0) is 4.79 Å². The van der Waals surface area contributed by atoms with Gasteiger partial charge in [0.1, 0.15) is 5.75 Å². The molecule has 0 saturated carbocycles. The molecular weight excluding hydrogens is 379 g/mol. The van der Waals surface area contributed by atoms with Gasteiger partial charge in [-0.25, -0.2) is 4.99 Å². The number of amidine groups is 1. The number of carbonyl (C=O) groups excluding carboxylic acids is 1. The minimum atomic E-state index is -0.183. The topological polar surface area (TPSA) is 50.7 Å². The van der Waals surface area contributed by atoms with Crippen molar-refractivity contribution < 1.29 is 9.53 Å². The number of hydrogen-bond acceptors (Lipinski definition) is 4. The first-order chi connectivity index (χ1) is 12.0. The van der Waals surface area contributed by atoms with Crippen LogP contribution in [0.25, 0.3) is 6.08 Å². The van der Waals surface area contributed by atoms with Crippen molar-refractivity contribution in [2.24, 2.45) is 4.99 Å². The van der Waals surface area contributed by atoms with Gasteiger partial charge in [0, 0.05) is 0 Å². The summed E-state index contributed by atoms with van der Waals surface area (Å²) in [6, 6.07) is 12.6. The number of amides is 1. The van der Waals surface area contributed by atoms with Crippen LogP contribution in [-0.4, -0.2) is 17.7 Å². The molecule has 1 aliphatic heterocycles. The molecule has 7 heteroatoms. The summed E-state index contributed by atoms with van der Waals surface area (Å²) in [5.74, 6) is 0.618. The van der Waals surface area contributed by atoms with Crippen LogP contribution in [0.4, 0.5) is 5.69 Å². The van der Waals surface area contributed by atoms with Crippen molar-refractivity contribution in [3.05, 3.63) is 63.0 Å². The van der Waals surface area contributed by atoms with Crippen LogP contribution in [0.2, 0.25) is 10.0 Å². The Morgan fingerprint density at radius 1 is 1.16 bits per heavy atom. The molecule has 128 valence electrons. The Morgan fingerprint density at radius 2 is 1.92 bits per heavy atom. The first-order valence-corrected chi connectivity index (χ1v) is 9.10. The Hall–Kier alpha value is -1.95. The second-order valence-corrected chi connectivity index (χ2v) is 6.93. The van der Waals surface area contributed by atoms with Crippen LogP contribution in [0.1, 0.15) is 12.5 Å². The molecule has 0 atom stereocenters. The van der Waals surface area contributed by atoms with Crippen molar-refractivity contribution in [2.45, 2.75) is 6.92 Å². The molecule has 1 N–H and O–H groups in total. The van der Waals surface area contributed by atoms with E-state index in [4.69, 9.17) is 27.9 Å². The third-order valence-corrected chi connectivity index (χ3v) is 4.92. The fraction of sp³-hybridized carbons (Fsp3) is 0.111. The van der Waals surface area contributed by atoms with E-state index in [1.54, 1.807) is 18.2 Å². The highest BCUT2D eigenvalue weighted by atomic mass is 35.5. The quantitative estimate of drug-likeness (QED) is 0.719. The maximum atomic E-state index is 12.1. The second-order valence-electron chi connectivity index (χ2n) is 5.08. The van der Waals surface area contributed by atoms with Gasteiger partial charge in [0.2, 0.25) is 0 Å². The molecule has 2 aromatic carbocycles. The highest BCUT2D eigenvalue weighted by molar-refractivity contribution is 8.18. The van der Waals surface area contributed by atoms with E-state index in [0.717, 1.165) is 11.3 Å². The van der Waals surface area contributed by atoms with Crippen molar-refractivity contribution in [1.82, 2.24) is 5.32 Å². The number of aliphatic imine (C=N–C) groups is 1. The van der Waals surface area contributed by atoms with Gasteiger partial charge >= 0.3 is 0 Å². The molecule has 1 saturated heterocycles.